The van der Waals surface area contributed by atoms with Crippen LogP contribution in [-0.4, -0.2) is 45.7 Å². The molecule has 1 rings (SSSR count). The minimum atomic E-state index is -0.713. The molecule has 0 spiro atoms. The number of carbonyl (C=O) groups excluding carboxylic acids is 1. The largest absolute Gasteiger partial charge is 0.468 e. The maximum Gasteiger partial charge on any atom is 0.326 e. The lowest BCUT2D eigenvalue weighted by atomic mass is 10.1. The molecular weight excluding hydrogens is 264 g/mol. The van der Waals surface area contributed by atoms with E-state index in [0.29, 0.717) is 5.75 Å². The molecule has 0 saturated heterocycles. The Balaban J connectivity index is 2.72. The monoisotopic (exact) mass is 286 g/mol. The fourth-order valence-electron chi connectivity index (χ4n) is 1.53. The van der Waals surface area contributed by atoms with Crippen molar-refractivity contribution in [3.63, 3.8) is 0 Å². The van der Waals surface area contributed by atoms with Crippen molar-refractivity contribution in [1.82, 2.24) is 20.1 Å². The van der Waals surface area contributed by atoms with Crippen molar-refractivity contribution < 1.29 is 9.53 Å². The predicted octanol–water partition coefficient (Wildman–Crippen LogP) is 1.15. The first kappa shape index (κ1) is 16.0. The first-order chi connectivity index (χ1) is 8.94. The molecule has 1 heterocycles. The van der Waals surface area contributed by atoms with Gasteiger partial charge in [-0.2, -0.15) is 0 Å². The quantitative estimate of drug-likeness (QED) is 0.599. The molecule has 0 saturated carbocycles. The maximum absolute atomic E-state index is 11.9. The molecule has 0 aliphatic carbocycles. The average Bonchev–Trinajstić information content (AvgIpc) is 2.73. The van der Waals surface area contributed by atoms with E-state index in [1.165, 1.54) is 18.9 Å². The molecule has 0 aliphatic rings. The van der Waals surface area contributed by atoms with Crippen molar-refractivity contribution in [2.45, 2.75) is 37.9 Å². The minimum Gasteiger partial charge on any atom is -0.468 e. The van der Waals surface area contributed by atoms with Gasteiger partial charge in [-0.15, -0.1) is 10.2 Å². The fourth-order valence-corrected chi connectivity index (χ4v) is 2.59. The zero-order chi connectivity index (χ0) is 14.5. The van der Waals surface area contributed by atoms with Gasteiger partial charge in [0.25, 0.3) is 0 Å². The SMILES string of the molecule is CCCNC(C)(CSc1nnc(C)n1C)C(=O)OC. The standard InChI is InChI=1S/C12H22N4O2S/c1-6-7-13-12(3,10(17)18-5)8-19-11-15-14-9(2)16(11)4/h13H,6-8H2,1-5H3. The molecule has 1 atom stereocenters. The maximum atomic E-state index is 11.9. The van der Waals surface area contributed by atoms with E-state index >= 15 is 0 Å². The second-order valence-corrected chi connectivity index (χ2v) is 5.57. The van der Waals surface area contributed by atoms with Gasteiger partial charge in [0.15, 0.2) is 5.16 Å². The minimum absolute atomic E-state index is 0.257. The Bertz CT molecular complexity index is 435. The summed E-state index contributed by atoms with van der Waals surface area (Å²) in [7, 11) is 3.32. The van der Waals surface area contributed by atoms with Gasteiger partial charge in [0, 0.05) is 12.8 Å². The second-order valence-electron chi connectivity index (χ2n) is 4.63. The van der Waals surface area contributed by atoms with Crippen LogP contribution in [0.15, 0.2) is 5.16 Å². The van der Waals surface area contributed by atoms with Crippen molar-refractivity contribution in [3.05, 3.63) is 5.82 Å². The molecular formula is C12H22N4O2S. The van der Waals surface area contributed by atoms with E-state index in [1.54, 1.807) is 0 Å². The Hall–Kier alpha value is -1.08. The number of carbonyl (C=O) groups is 1. The lowest BCUT2D eigenvalue weighted by Crippen LogP contribution is -2.52. The molecule has 0 aliphatic heterocycles. The normalized spacial score (nSPS) is 14.2. The summed E-state index contributed by atoms with van der Waals surface area (Å²) >= 11 is 1.49. The highest BCUT2D eigenvalue weighted by atomic mass is 32.2. The summed E-state index contributed by atoms with van der Waals surface area (Å²) in [5.74, 6) is 1.14. The van der Waals surface area contributed by atoms with Crippen LogP contribution in [0.1, 0.15) is 26.1 Å². The van der Waals surface area contributed by atoms with E-state index in [9.17, 15) is 4.79 Å². The topological polar surface area (TPSA) is 69.0 Å². The number of esters is 1. The van der Waals surface area contributed by atoms with Crippen LogP contribution in [0.5, 0.6) is 0 Å². The number of ether oxygens (including phenoxy) is 1. The van der Waals surface area contributed by atoms with Crippen LogP contribution in [0.2, 0.25) is 0 Å². The van der Waals surface area contributed by atoms with Gasteiger partial charge in [-0.25, -0.2) is 0 Å². The Morgan fingerprint density at radius 1 is 1.53 bits per heavy atom. The highest BCUT2D eigenvalue weighted by molar-refractivity contribution is 7.99. The number of thioether (sulfide) groups is 1. The summed E-state index contributed by atoms with van der Waals surface area (Å²) in [5, 5.41) is 12.1. The molecule has 6 nitrogen and oxygen atoms in total. The van der Waals surface area contributed by atoms with Crippen molar-refractivity contribution in [2.75, 3.05) is 19.4 Å². The van der Waals surface area contributed by atoms with Gasteiger partial charge >= 0.3 is 5.97 Å². The van der Waals surface area contributed by atoms with Crippen LogP contribution < -0.4 is 5.32 Å². The Morgan fingerprint density at radius 3 is 2.68 bits per heavy atom. The number of aromatic nitrogens is 3. The van der Waals surface area contributed by atoms with E-state index in [-0.39, 0.29) is 5.97 Å². The third-order valence-electron chi connectivity index (χ3n) is 2.94. The molecule has 1 unspecified atom stereocenters. The summed E-state index contributed by atoms with van der Waals surface area (Å²) in [6.07, 6.45) is 0.959. The number of methoxy groups -OCH3 is 1. The summed E-state index contributed by atoms with van der Waals surface area (Å²) in [5.41, 5.74) is -0.713. The van der Waals surface area contributed by atoms with Gasteiger partial charge in [-0.3, -0.25) is 4.79 Å². The van der Waals surface area contributed by atoms with Gasteiger partial charge in [-0.05, 0) is 26.8 Å². The molecule has 108 valence electrons. The molecule has 19 heavy (non-hydrogen) atoms. The Labute approximate surface area is 118 Å². The smallest absolute Gasteiger partial charge is 0.326 e. The van der Waals surface area contributed by atoms with E-state index < -0.39 is 5.54 Å². The Kier molecular flexibility index (Phi) is 5.81. The molecule has 0 bridgehead atoms. The number of nitrogens with zero attached hydrogens (tertiary/aromatic N) is 3. The van der Waals surface area contributed by atoms with Crippen molar-refractivity contribution in [2.24, 2.45) is 7.05 Å². The molecule has 7 heteroatoms. The number of nitrogens with one attached hydrogen (secondary N) is 1. The highest BCUT2D eigenvalue weighted by Gasteiger charge is 2.34. The van der Waals surface area contributed by atoms with E-state index in [2.05, 4.69) is 22.4 Å². The summed E-state index contributed by atoms with van der Waals surface area (Å²) in [6.45, 7) is 6.57. The van der Waals surface area contributed by atoms with Crippen molar-refractivity contribution in [1.29, 1.82) is 0 Å². The summed E-state index contributed by atoms with van der Waals surface area (Å²) < 4.78 is 6.78. The average molecular weight is 286 g/mol. The van der Waals surface area contributed by atoms with Gasteiger partial charge in [0.2, 0.25) is 0 Å². The second kappa shape index (κ2) is 6.91. The first-order valence-electron chi connectivity index (χ1n) is 6.27. The zero-order valence-electron chi connectivity index (χ0n) is 12.2. The lowest BCUT2D eigenvalue weighted by Gasteiger charge is -2.27. The van der Waals surface area contributed by atoms with E-state index in [1.807, 2.05) is 25.5 Å². The lowest BCUT2D eigenvalue weighted by molar-refractivity contribution is -0.146. The van der Waals surface area contributed by atoms with Crippen molar-refractivity contribution >= 4 is 17.7 Å². The Morgan fingerprint density at radius 2 is 2.21 bits per heavy atom. The van der Waals surface area contributed by atoms with Crippen LogP contribution >= 0.6 is 11.8 Å². The van der Waals surface area contributed by atoms with Crippen LogP contribution in [-0.2, 0) is 16.6 Å². The number of hydrogen-bond acceptors (Lipinski definition) is 6. The van der Waals surface area contributed by atoms with Gasteiger partial charge in [0.05, 0.1) is 7.11 Å². The molecule has 0 aromatic carbocycles. The highest BCUT2D eigenvalue weighted by Crippen LogP contribution is 2.22. The summed E-state index contributed by atoms with van der Waals surface area (Å²) in [4.78, 5) is 11.9. The zero-order valence-corrected chi connectivity index (χ0v) is 13.0. The molecule has 0 radical (unpaired) electrons. The third kappa shape index (κ3) is 3.94. The third-order valence-corrected chi connectivity index (χ3v) is 4.28. The molecule has 1 aromatic rings. The van der Waals surface area contributed by atoms with Crippen LogP contribution in [0.4, 0.5) is 0 Å². The first-order valence-corrected chi connectivity index (χ1v) is 7.25. The summed E-state index contributed by atoms with van der Waals surface area (Å²) in [6, 6.07) is 0. The fraction of sp³-hybridized carbons (Fsp3) is 0.750. The van der Waals surface area contributed by atoms with E-state index in [0.717, 1.165) is 23.9 Å². The van der Waals surface area contributed by atoms with Crippen molar-refractivity contribution in [3.8, 4) is 0 Å². The van der Waals surface area contributed by atoms with Crippen LogP contribution in [0, 0.1) is 6.92 Å². The van der Waals surface area contributed by atoms with Crippen LogP contribution in [0.25, 0.3) is 0 Å². The molecule has 0 amide bonds. The van der Waals surface area contributed by atoms with E-state index in [4.69, 9.17) is 4.74 Å². The predicted molar refractivity (Wildman–Crippen MR) is 75.2 cm³/mol. The number of aryl methyl sites for hydroxylation is 1. The van der Waals surface area contributed by atoms with Gasteiger partial charge in [0.1, 0.15) is 11.4 Å². The number of rotatable bonds is 7. The van der Waals surface area contributed by atoms with Gasteiger partial charge in [-0.1, -0.05) is 18.7 Å². The van der Waals surface area contributed by atoms with Crippen LogP contribution in [0.3, 0.4) is 0 Å². The molecule has 0 fully saturated rings. The number of hydrogen-bond donors (Lipinski definition) is 1. The van der Waals surface area contributed by atoms with Gasteiger partial charge < -0.3 is 14.6 Å². The molecule has 1 aromatic heterocycles. The molecule has 1 N–H and O–H groups in total.